The Morgan fingerprint density at radius 2 is 2.11 bits per heavy atom. The second-order valence-corrected chi connectivity index (χ2v) is 4.52. The molecule has 2 rings (SSSR count). The maximum atomic E-state index is 11.1. The van der Waals surface area contributed by atoms with Crippen molar-refractivity contribution in [3.63, 3.8) is 0 Å². The Hall–Kier alpha value is -1.86. The summed E-state index contributed by atoms with van der Waals surface area (Å²) in [5.74, 6) is 5.27. The van der Waals surface area contributed by atoms with Crippen molar-refractivity contribution in [2.75, 3.05) is 17.3 Å². The number of nitrogens with two attached hydrogens (primary N) is 1. The third-order valence-corrected chi connectivity index (χ3v) is 3.39. The number of nitrogen functional groups attached to an aromatic ring is 1. The molecule has 7 heteroatoms. The van der Waals surface area contributed by atoms with Gasteiger partial charge in [0.1, 0.15) is 11.4 Å². The molecule has 5 N–H and O–H groups in total. The fourth-order valence-corrected chi connectivity index (χ4v) is 2.17. The van der Waals surface area contributed by atoms with Crippen molar-refractivity contribution in [1.29, 1.82) is 0 Å². The van der Waals surface area contributed by atoms with Gasteiger partial charge in [-0.1, -0.05) is 6.07 Å². The topological polar surface area (TPSA) is 113 Å². The van der Waals surface area contributed by atoms with E-state index in [0.29, 0.717) is 5.69 Å². The normalized spacial score (nSPS) is 16.8. The molecule has 0 bridgehead atoms. The van der Waals surface area contributed by atoms with Gasteiger partial charge in [-0.2, -0.15) is 0 Å². The van der Waals surface area contributed by atoms with E-state index in [2.05, 4.69) is 10.7 Å². The van der Waals surface area contributed by atoms with Gasteiger partial charge in [0.15, 0.2) is 0 Å². The smallest absolute Gasteiger partial charge is 0.316 e. The number of hydrazine groups is 1. The summed E-state index contributed by atoms with van der Waals surface area (Å²) in [7, 11) is 0. The summed E-state index contributed by atoms with van der Waals surface area (Å²) in [6.07, 6.45) is 2.62. The fraction of sp³-hybridized carbons (Fsp3) is 0.455. The van der Waals surface area contributed by atoms with Gasteiger partial charge in [0, 0.05) is 0 Å². The molecule has 1 aromatic rings. The van der Waals surface area contributed by atoms with Crippen molar-refractivity contribution in [3.05, 3.63) is 28.3 Å². The number of anilines is 2. The molecule has 1 fully saturated rings. The molecule has 0 atom stereocenters. The van der Waals surface area contributed by atoms with Crippen LogP contribution in [0.5, 0.6) is 0 Å². The molecule has 1 aliphatic carbocycles. The summed E-state index contributed by atoms with van der Waals surface area (Å²) in [6, 6.07) is 4.83. The Morgan fingerprint density at radius 1 is 1.44 bits per heavy atom. The average molecular weight is 252 g/mol. The van der Waals surface area contributed by atoms with Gasteiger partial charge >= 0.3 is 5.69 Å². The molecule has 0 spiro atoms. The van der Waals surface area contributed by atoms with Crippen LogP contribution < -0.4 is 16.6 Å². The fourth-order valence-electron chi connectivity index (χ4n) is 2.17. The minimum atomic E-state index is -0.485. The first kappa shape index (κ1) is 12.6. The zero-order valence-electron chi connectivity index (χ0n) is 9.85. The van der Waals surface area contributed by atoms with Crippen molar-refractivity contribution < 1.29 is 10.0 Å². The molecule has 98 valence electrons. The molecule has 1 saturated carbocycles. The summed E-state index contributed by atoms with van der Waals surface area (Å²) in [6.45, 7) is -0.0373. The van der Waals surface area contributed by atoms with Crippen molar-refractivity contribution in [3.8, 4) is 0 Å². The van der Waals surface area contributed by atoms with Gasteiger partial charge in [-0.05, 0) is 31.4 Å². The predicted octanol–water partition coefficient (Wildman–Crippen LogP) is 1.21. The first-order valence-corrected chi connectivity index (χ1v) is 5.75. The zero-order chi connectivity index (χ0) is 13.2. The van der Waals surface area contributed by atoms with Crippen molar-refractivity contribution >= 4 is 17.1 Å². The average Bonchev–Trinajstić information content (AvgIpc) is 2.33. The highest BCUT2D eigenvalue weighted by Crippen LogP contribution is 2.39. The van der Waals surface area contributed by atoms with Gasteiger partial charge in [0.2, 0.25) is 0 Å². The number of aliphatic hydroxyl groups excluding tert-OH is 1. The van der Waals surface area contributed by atoms with Crippen LogP contribution in [0.3, 0.4) is 0 Å². The van der Waals surface area contributed by atoms with E-state index in [9.17, 15) is 15.2 Å². The summed E-state index contributed by atoms with van der Waals surface area (Å²) in [5.41, 5.74) is 2.41. The lowest BCUT2D eigenvalue weighted by Crippen LogP contribution is -2.48. The molecule has 7 nitrogen and oxygen atoms in total. The molecule has 0 unspecified atom stereocenters. The van der Waals surface area contributed by atoms with Crippen molar-refractivity contribution in [2.24, 2.45) is 5.84 Å². The number of benzene rings is 1. The van der Waals surface area contributed by atoms with Crippen LogP contribution in [0.2, 0.25) is 0 Å². The zero-order valence-corrected chi connectivity index (χ0v) is 9.85. The maximum absolute atomic E-state index is 11.1. The number of aliphatic hydroxyl groups is 1. The molecule has 0 amide bonds. The van der Waals surface area contributed by atoms with Crippen molar-refractivity contribution in [1.82, 2.24) is 0 Å². The monoisotopic (exact) mass is 252 g/mol. The van der Waals surface area contributed by atoms with Gasteiger partial charge in [0.05, 0.1) is 17.1 Å². The van der Waals surface area contributed by atoms with Crippen LogP contribution in [-0.2, 0) is 0 Å². The van der Waals surface area contributed by atoms with Gasteiger partial charge in [-0.25, -0.2) is 0 Å². The summed E-state index contributed by atoms with van der Waals surface area (Å²) < 4.78 is 0. The van der Waals surface area contributed by atoms with Crippen molar-refractivity contribution in [2.45, 2.75) is 24.8 Å². The van der Waals surface area contributed by atoms with Gasteiger partial charge in [-0.3, -0.25) is 16.0 Å². The quantitative estimate of drug-likeness (QED) is 0.356. The number of nitro groups is 1. The molecular formula is C11H16N4O3. The minimum Gasteiger partial charge on any atom is -0.394 e. The summed E-state index contributed by atoms with van der Waals surface area (Å²) in [5, 5.41) is 23.5. The van der Waals surface area contributed by atoms with Crippen LogP contribution in [0.15, 0.2) is 18.2 Å². The lowest BCUT2D eigenvalue weighted by atomic mass is 9.77. The minimum absolute atomic E-state index is 0.0373. The number of hydrogen-bond acceptors (Lipinski definition) is 6. The van der Waals surface area contributed by atoms with E-state index in [1.54, 1.807) is 12.1 Å². The number of para-hydroxylation sites is 1. The van der Waals surface area contributed by atoms with Crippen LogP contribution in [0, 0.1) is 10.1 Å². The molecule has 0 heterocycles. The van der Waals surface area contributed by atoms with Crippen LogP contribution in [-0.4, -0.2) is 22.2 Å². The van der Waals surface area contributed by atoms with E-state index < -0.39 is 10.5 Å². The molecule has 0 aliphatic heterocycles. The molecule has 18 heavy (non-hydrogen) atoms. The highest BCUT2D eigenvalue weighted by atomic mass is 16.6. The van der Waals surface area contributed by atoms with Crippen LogP contribution >= 0.6 is 0 Å². The molecule has 0 saturated heterocycles. The van der Waals surface area contributed by atoms with Crippen LogP contribution in [0.4, 0.5) is 17.1 Å². The Bertz CT molecular complexity index is 454. The molecule has 0 aromatic heterocycles. The van der Waals surface area contributed by atoms with Gasteiger partial charge in [-0.15, -0.1) is 0 Å². The molecule has 0 radical (unpaired) electrons. The van der Waals surface area contributed by atoms with E-state index in [1.165, 1.54) is 6.07 Å². The predicted molar refractivity (Wildman–Crippen MR) is 68.2 cm³/mol. The van der Waals surface area contributed by atoms with E-state index in [4.69, 9.17) is 5.84 Å². The number of hydrogen-bond donors (Lipinski definition) is 4. The van der Waals surface area contributed by atoms with E-state index in [0.717, 1.165) is 19.3 Å². The summed E-state index contributed by atoms with van der Waals surface area (Å²) >= 11 is 0. The molecule has 1 aromatic carbocycles. The standard InChI is InChI=1S/C11H16N4O3/c12-14-9-4-1-3-8(10(9)15(17)18)13-11(7-16)5-2-6-11/h1,3-4,13-14,16H,2,5-7,12H2. The molecule has 1 aliphatic rings. The first-order valence-electron chi connectivity index (χ1n) is 5.75. The summed E-state index contributed by atoms with van der Waals surface area (Å²) in [4.78, 5) is 10.6. The Labute approximate surface area is 104 Å². The van der Waals surface area contributed by atoms with Gasteiger partial charge in [0.25, 0.3) is 0 Å². The number of nitrogens with one attached hydrogen (secondary N) is 2. The van der Waals surface area contributed by atoms with Crippen LogP contribution in [0.1, 0.15) is 19.3 Å². The number of nitro benzene ring substituents is 1. The lowest BCUT2D eigenvalue weighted by Gasteiger charge is -2.41. The van der Waals surface area contributed by atoms with Crippen LogP contribution in [0.25, 0.3) is 0 Å². The Kier molecular flexibility index (Phi) is 3.35. The van der Waals surface area contributed by atoms with Gasteiger partial charge < -0.3 is 15.8 Å². The molecular weight excluding hydrogens is 236 g/mol. The first-order chi connectivity index (χ1) is 8.62. The Morgan fingerprint density at radius 3 is 2.56 bits per heavy atom. The highest BCUT2D eigenvalue weighted by molar-refractivity contribution is 5.76. The number of rotatable bonds is 5. The SMILES string of the molecule is NNc1cccc(NC2(CO)CCC2)c1[N+](=O)[O-]. The lowest BCUT2D eigenvalue weighted by molar-refractivity contribution is -0.383. The van der Waals surface area contributed by atoms with E-state index in [-0.39, 0.29) is 18.0 Å². The largest absolute Gasteiger partial charge is 0.394 e. The van der Waals surface area contributed by atoms with E-state index >= 15 is 0 Å². The second-order valence-electron chi connectivity index (χ2n) is 4.52. The third-order valence-electron chi connectivity index (χ3n) is 3.39. The maximum Gasteiger partial charge on any atom is 0.316 e. The third kappa shape index (κ3) is 2.09. The highest BCUT2D eigenvalue weighted by Gasteiger charge is 2.38. The number of nitrogens with zero attached hydrogens (tertiary/aromatic N) is 1. The second kappa shape index (κ2) is 4.79. The Balaban J connectivity index is 2.35. The van der Waals surface area contributed by atoms with E-state index in [1.807, 2.05) is 0 Å².